The lowest BCUT2D eigenvalue weighted by atomic mass is 10.2. The second-order valence-electron chi connectivity index (χ2n) is 4.36. The fourth-order valence-electron chi connectivity index (χ4n) is 1.72. The zero-order chi connectivity index (χ0) is 15.3. The first-order valence-corrected chi connectivity index (χ1v) is 9.50. The minimum absolute atomic E-state index is 0.0332. The highest BCUT2D eigenvalue weighted by Gasteiger charge is 2.13. The lowest BCUT2D eigenvalue weighted by Crippen LogP contribution is -2.22. The molecule has 0 aliphatic rings. The zero-order valence-electron chi connectivity index (χ0n) is 11.0. The molecule has 0 aliphatic heterocycles. The molecule has 0 aliphatic carbocycles. The number of thiophene rings is 1. The molecule has 110 valence electrons. The topological polar surface area (TPSA) is 70.0 Å². The second-order valence-corrected chi connectivity index (χ2v) is 8.38. The minimum atomic E-state index is -3.31. The monoisotopic (exact) mass is 384 g/mol. The van der Waals surface area contributed by atoms with Gasteiger partial charge >= 0.3 is 0 Å². The van der Waals surface area contributed by atoms with Gasteiger partial charge in [0.2, 0.25) is 0 Å². The van der Waals surface area contributed by atoms with E-state index in [-0.39, 0.29) is 10.6 Å². The van der Waals surface area contributed by atoms with Gasteiger partial charge < -0.3 is 5.32 Å². The molecular formula is C14H13BrN2O2S2. The molecule has 0 bridgehead atoms. The van der Waals surface area contributed by atoms with Crippen molar-refractivity contribution in [3.63, 3.8) is 0 Å². The van der Waals surface area contributed by atoms with Crippen LogP contribution in [0, 0.1) is 11.3 Å². The Morgan fingerprint density at radius 3 is 2.57 bits per heavy atom. The van der Waals surface area contributed by atoms with Crippen molar-refractivity contribution in [1.82, 2.24) is 5.32 Å². The maximum absolute atomic E-state index is 12.1. The summed E-state index contributed by atoms with van der Waals surface area (Å²) in [5.74, 6) is 0.0332. The number of nitrogens with zero attached hydrogens (tertiary/aromatic N) is 1. The molecule has 1 aromatic heterocycles. The summed E-state index contributed by atoms with van der Waals surface area (Å²) in [6.45, 7) is 1.04. The number of halogens is 1. The molecule has 21 heavy (non-hydrogen) atoms. The molecule has 0 amide bonds. The Labute approximate surface area is 136 Å². The van der Waals surface area contributed by atoms with Crippen molar-refractivity contribution in [2.45, 2.75) is 11.4 Å². The molecular weight excluding hydrogens is 372 g/mol. The number of nitrogens with one attached hydrogen (secondary N) is 1. The molecule has 7 heteroatoms. The van der Waals surface area contributed by atoms with E-state index in [1.54, 1.807) is 11.3 Å². The van der Waals surface area contributed by atoms with Crippen molar-refractivity contribution in [1.29, 1.82) is 5.26 Å². The number of nitriles is 1. The van der Waals surface area contributed by atoms with Gasteiger partial charge in [0.1, 0.15) is 0 Å². The maximum atomic E-state index is 12.1. The highest BCUT2D eigenvalue weighted by molar-refractivity contribution is 9.10. The van der Waals surface area contributed by atoms with Gasteiger partial charge in [-0.25, -0.2) is 8.42 Å². The first-order valence-electron chi connectivity index (χ1n) is 6.18. The van der Waals surface area contributed by atoms with Gasteiger partial charge in [-0.3, -0.25) is 0 Å². The Hall–Kier alpha value is -1.20. The first kappa shape index (κ1) is 16.2. The summed E-state index contributed by atoms with van der Waals surface area (Å²) in [6.07, 6.45) is 0. The van der Waals surface area contributed by atoms with Crippen LogP contribution < -0.4 is 5.32 Å². The molecule has 0 atom stereocenters. The van der Waals surface area contributed by atoms with Gasteiger partial charge in [-0.1, -0.05) is 0 Å². The van der Waals surface area contributed by atoms with Gasteiger partial charge in [-0.2, -0.15) is 5.26 Å². The van der Waals surface area contributed by atoms with E-state index in [9.17, 15) is 8.42 Å². The van der Waals surface area contributed by atoms with E-state index in [2.05, 4.69) is 21.2 Å². The van der Waals surface area contributed by atoms with Crippen molar-refractivity contribution in [3.8, 4) is 6.07 Å². The lowest BCUT2D eigenvalue weighted by Gasteiger charge is -2.05. The summed E-state index contributed by atoms with van der Waals surface area (Å²) in [5, 5.41) is 13.8. The molecule has 0 saturated carbocycles. The van der Waals surface area contributed by atoms with E-state index in [0.717, 1.165) is 9.35 Å². The molecule has 0 spiro atoms. The molecule has 1 N–H and O–H groups in total. The van der Waals surface area contributed by atoms with Crippen LogP contribution in [0.3, 0.4) is 0 Å². The SMILES string of the molecule is N#Cc1ccc(S(=O)(=O)CCNCc2cc(Br)cs2)cc1. The van der Waals surface area contributed by atoms with Gasteiger partial charge in [-0.05, 0) is 46.3 Å². The third kappa shape index (κ3) is 4.64. The van der Waals surface area contributed by atoms with Crippen LogP contribution in [0.25, 0.3) is 0 Å². The number of hydrogen-bond acceptors (Lipinski definition) is 5. The average Bonchev–Trinajstić information content (AvgIpc) is 2.89. The van der Waals surface area contributed by atoms with Crippen molar-refractivity contribution >= 4 is 37.1 Å². The average molecular weight is 385 g/mol. The van der Waals surface area contributed by atoms with Crippen LogP contribution >= 0.6 is 27.3 Å². The highest BCUT2D eigenvalue weighted by Crippen LogP contribution is 2.19. The van der Waals surface area contributed by atoms with Gasteiger partial charge in [0.25, 0.3) is 0 Å². The third-order valence-corrected chi connectivity index (χ3v) is 6.24. The number of rotatable bonds is 6. The summed E-state index contributed by atoms with van der Waals surface area (Å²) in [5.41, 5.74) is 0.454. The zero-order valence-corrected chi connectivity index (χ0v) is 14.3. The van der Waals surface area contributed by atoms with Gasteiger partial charge in [-0.15, -0.1) is 11.3 Å². The number of benzene rings is 1. The molecule has 0 unspecified atom stereocenters. The highest BCUT2D eigenvalue weighted by atomic mass is 79.9. The Kier molecular flexibility index (Phi) is 5.53. The van der Waals surface area contributed by atoms with Crippen LogP contribution in [-0.2, 0) is 16.4 Å². The summed E-state index contributed by atoms with van der Waals surface area (Å²) in [7, 11) is -3.31. The quantitative estimate of drug-likeness (QED) is 0.777. The largest absolute Gasteiger partial charge is 0.311 e. The van der Waals surface area contributed by atoms with E-state index in [0.29, 0.717) is 18.7 Å². The third-order valence-electron chi connectivity index (χ3n) is 2.81. The normalized spacial score (nSPS) is 11.2. The minimum Gasteiger partial charge on any atom is -0.311 e. The van der Waals surface area contributed by atoms with E-state index in [4.69, 9.17) is 5.26 Å². The van der Waals surface area contributed by atoms with Crippen molar-refractivity contribution in [2.24, 2.45) is 0 Å². The van der Waals surface area contributed by atoms with Crippen molar-refractivity contribution in [2.75, 3.05) is 12.3 Å². The summed E-state index contributed by atoms with van der Waals surface area (Å²) >= 11 is 5.00. The molecule has 4 nitrogen and oxygen atoms in total. The Morgan fingerprint density at radius 2 is 2.00 bits per heavy atom. The summed E-state index contributed by atoms with van der Waals surface area (Å²) < 4.78 is 25.3. The Morgan fingerprint density at radius 1 is 1.29 bits per heavy atom. The van der Waals surface area contributed by atoms with E-state index >= 15 is 0 Å². The molecule has 2 aromatic rings. The van der Waals surface area contributed by atoms with Gasteiger partial charge in [0.15, 0.2) is 9.84 Å². The molecule has 0 radical (unpaired) electrons. The Balaban J connectivity index is 1.87. The number of sulfone groups is 1. The molecule has 1 aromatic carbocycles. The maximum Gasteiger partial charge on any atom is 0.179 e. The van der Waals surface area contributed by atoms with Crippen LogP contribution in [-0.4, -0.2) is 20.7 Å². The van der Waals surface area contributed by atoms with E-state index < -0.39 is 9.84 Å². The van der Waals surface area contributed by atoms with Crippen LogP contribution in [0.15, 0.2) is 45.1 Å². The molecule has 0 fully saturated rings. The fourth-order valence-corrected chi connectivity index (χ4v) is 4.34. The van der Waals surface area contributed by atoms with Gasteiger partial charge in [0, 0.05) is 27.8 Å². The lowest BCUT2D eigenvalue weighted by molar-refractivity contribution is 0.591. The second kappa shape index (κ2) is 7.18. The standard InChI is InChI=1S/C14H13BrN2O2S2/c15-12-7-13(20-10-12)9-17-5-6-21(18,19)14-3-1-11(8-16)2-4-14/h1-4,7,10,17H,5-6,9H2. The van der Waals surface area contributed by atoms with Crippen molar-refractivity contribution < 1.29 is 8.42 Å². The predicted octanol–water partition coefficient (Wildman–Crippen LogP) is 2.95. The first-order chi connectivity index (χ1) is 10.0. The molecule has 1 heterocycles. The van der Waals surface area contributed by atoms with Gasteiger partial charge in [0.05, 0.1) is 22.3 Å². The van der Waals surface area contributed by atoms with Crippen LogP contribution in [0.4, 0.5) is 0 Å². The Bertz CT molecular complexity index is 746. The molecule has 0 saturated heterocycles. The predicted molar refractivity (Wildman–Crippen MR) is 86.9 cm³/mol. The number of hydrogen-bond donors (Lipinski definition) is 1. The van der Waals surface area contributed by atoms with Crippen LogP contribution in [0.2, 0.25) is 0 Å². The van der Waals surface area contributed by atoms with E-state index in [1.807, 2.05) is 17.5 Å². The van der Waals surface area contributed by atoms with E-state index in [1.165, 1.54) is 24.3 Å². The van der Waals surface area contributed by atoms with Crippen LogP contribution in [0.1, 0.15) is 10.4 Å². The summed E-state index contributed by atoms with van der Waals surface area (Å²) in [6, 6.07) is 9.96. The smallest absolute Gasteiger partial charge is 0.179 e. The fraction of sp³-hybridized carbons (Fsp3) is 0.214. The summed E-state index contributed by atoms with van der Waals surface area (Å²) in [4.78, 5) is 1.40. The van der Waals surface area contributed by atoms with Crippen molar-refractivity contribution in [3.05, 3.63) is 50.6 Å². The molecule has 2 rings (SSSR count). The van der Waals surface area contributed by atoms with Crippen LogP contribution in [0.5, 0.6) is 0 Å².